The van der Waals surface area contributed by atoms with Crippen molar-refractivity contribution in [1.29, 1.82) is 0 Å². The molecular formula is C11H10BrN3O5S2. The molecule has 2 rings (SSSR count). The highest BCUT2D eigenvalue weighted by Gasteiger charge is 2.30. The minimum Gasteiger partial charge on any atom is -0.480 e. The standard InChI is InChI=1S/C11H10BrN3O5S2/c12-7-1-3-8(4-2-7)22(19,20)14-13-11-15(5-10(17)18)9(16)6-21-11/h1-4,14H,5-6H2,(H,17,18). The summed E-state index contributed by atoms with van der Waals surface area (Å²) in [7, 11) is -3.89. The van der Waals surface area contributed by atoms with Gasteiger partial charge in [0.1, 0.15) is 6.54 Å². The summed E-state index contributed by atoms with van der Waals surface area (Å²) in [6, 6.07) is 5.89. The van der Waals surface area contributed by atoms with E-state index in [1.807, 2.05) is 4.83 Å². The summed E-state index contributed by atoms with van der Waals surface area (Å²) in [6.07, 6.45) is 0. The number of rotatable bonds is 5. The number of sulfonamides is 1. The third-order valence-electron chi connectivity index (χ3n) is 2.54. The molecule has 22 heavy (non-hydrogen) atoms. The Morgan fingerprint density at radius 3 is 2.64 bits per heavy atom. The van der Waals surface area contributed by atoms with Gasteiger partial charge in [0.2, 0.25) is 5.91 Å². The Balaban J connectivity index is 2.17. The zero-order chi connectivity index (χ0) is 16.3. The number of hydrogen-bond donors (Lipinski definition) is 2. The fraction of sp³-hybridized carbons (Fsp3) is 0.182. The molecule has 1 fully saturated rings. The molecule has 0 bridgehead atoms. The summed E-state index contributed by atoms with van der Waals surface area (Å²) in [5, 5.41) is 12.4. The molecular weight excluding hydrogens is 398 g/mol. The molecule has 0 radical (unpaired) electrons. The third kappa shape index (κ3) is 3.99. The maximum Gasteiger partial charge on any atom is 0.323 e. The number of nitrogens with one attached hydrogen (secondary N) is 1. The number of thioether (sulfide) groups is 1. The number of nitrogens with zero attached hydrogens (tertiary/aromatic N) is 2. The number of hydrogen-bond acceptors (Lipinski definition) is 6. The second-order valence-electron chi connectivity index (χ2n) is 4.11. The lowest BCUT2D eigenvalue weighted by molar-refractivity contribution is -0.140. The molecule has 1 amide bonds. The van der Waals surface area contributed by atoms with Gasteiger partial charge in [-0.25, -0.2) is 0 Å². The topological polar surface area (TPSA) is 116 Å². The summed E-state index contributed by atoms with van der Waals surface area (Å²) >= 11 is 4.16. The Hall–Kier alpha value is -1.59. The molecule has 0 aliphatic carbocycles. The van der Waals surface area contributed by atoms with Crippen molar-refractivity contribution in [1.82, 2.24) is 9.73 Å². The van der Waals surface area contributed by atoms with Gasteiger partial charge in [0, 0.05) is 4.47 Å². The molecule has 1 heterocycles. The second kappa shape index (κ2) is 6.67. The highest BCUT2D eigenvalue weighted by atomic mass is 79.9. The number of halogens is 1. The van der Waals surface area contributed by atoms with Crippen molar-refractivity contribution < 1.29 is 23.1 Å². The number of carbonyl (C=O) groups is 2. The smallest absolute Gasteiger partial charge is 0.323 e. The van der Waals surface area contributed by atoms with Crippen LogP contribution in [0.5, 0.6) is 0 Å². The van der Waals surface area contributed by atoms with Crippen LogP contribution in [0.15, 0.2) is 38.7 Å². The normalized spacial score (nSPS) is 17.0. The first-order chi connectivity index (χ1) is 10.3. The number of carboxylic acids is 1. The number of hydrazone groups is 1. The van der Waals surface area contributed by atoms with E-state index in [9.17, 15) is 18.0 Å². The molecule has 11 heteroatoms. The van der Waals surface area contributed by atoms with Crippen molar-refractivity contribution in [3.8, 4) is 0 Å². The molecule has 0 spiro atoms. The molecule has 2 N–H and O–H groups in total. The Bertz CT molecular complexity index is 733. The van der Waals surface area contributed by atoms with Crippen LogP contribution < -0.4 is 4.83 Å². The monoisotopic (exact) mass is 407 g/mol. The molecule has 1 aliphatic rings. The number of amides is 1. The van der Waals surface area contributed by atoms with E-state index in [0.717, 1.165) is 21.1 Å². The zero-order valence-electron chi connectivity index (χ0n) is 10.9. The van der Waals surface area contributed by atoms with Crippen molar-refractivity contribution in [3.05, 3.63) is 28.7 Å². The fourth-order valence-corrected chi connectivity index (χ4v) is 3.51. The van der Waals surface area contributed by atoms with Crippen LogP contribution in [-0.2, 0) is 19.6 Å². The van der Waals surface area contributed by atoms with Crippen molar-refractivity contribution in [3.63, 3.8) is 0 Å². The number of benzene rings is 1. The van der Waals surface area contributed by atoms with Crippen LogP contribution in [0.3, 0.4) is 0 Å². The van der Waals surface area contributed by atoms with Gasteiger partial charge in [0.15, 0.2) is 5.17 Å². The second-order valence-corrected chi connectivity index (χ2v) is 7.62. The van der Waals surface area contributed by atoms with Gasteiger partial charge >= 0.3 is 5.97 Å². The summed E-state index contributed by atoms with van der Waals surface area (Å²) in [5.41, 5.74) is 0. The number of carbonyl (C=O) groups excluding carboxylic acids is 1. The molecule has 1 aliphatic heterocycles. The van der Waals surface area contributed by atoms with Gasteiger partial charge in [-0.15, -0.1) is 5.10 Å². The van der Waals surface area contributed by atoms with E-state index in [4.69, 9.17) is 5.11 Å². The lowest BCUT2D eigenvalue weighted by atomic mass is 10.4. The Morgan fingerprint density at radius 2 is 2.05 bits per heavy atom. The lowest BCUT2D eigenvalue weighted by Crippen LogP contribution is -2.35. The van der Waals surface area contributed by atoms with Crippen molar-refractivity contribution in [2.24, 2.45) is 5.10 Å². The molecule has 8 nitrogen and oxygen atoms in total. The van der Waals surface area contributed by atoms with Crippen LogP contribution >= 0.6 is 27.7 Å². The predicted molar refractivity (Wildman–Crippen MR) is 83.7 cm³/mol. The maximum atomic E-state index is 12.0. The van der Waals surface area contributed by atoms with Crippen LogP contribution in [-0.4, -0.2) is 47.8 Å². The van der Waals surface area contributed by atoms with Crippen LogP contribution in [0.2, 0.25) is 0 Å². The average Bonchev–Trinajstić information content (AvgIpc) is 2.78. The van der Waals surface area contributed by atoms with Crippen molar-refractivity contribution in [2.45, 2.75) is 4.90 Å². The lowest BCUT2D eigenvalue weighted by Gasteiger charge is -2.13. The van der Waals surface area contributed by atoms with E-state index in [1.165, 1.54) is 12.1 Å². The number of amidine groups is 1. The van der Waals surface area contributed by atoms with Gasteiger partial charge in [0.05, 0.1) is 10.6 Å². The quantitative estimate of drug-likeness (QED) is 0.692. The summed E-state index contributed by atoms with van der Waals surface area (Å²) in [6.45, 7) is -0.565. The predicted octanol–water partition coefficient (Wildman–Crippen LogP) is 0.658. The molecule has 0 unspecified atom stereocenters. The molecule has 0 aromatic heterocycles. The van der Waals surface area contributed by atoms with E-state index in [-0.39, 0.29) is 15.8 Å². The first kappa shape index (κ1) is 16.8. The van der Waals surface area contributed by atoms with Gasteiger partial charge in [0.25, 0.3) is 10.0 Å². The van der Waals surface area contributed by atoms with Crippen LogP contribution in [0.4, 0.5) is 0 Å². The summed E-state index contributed by atoms with van der Waals surface area (Å²) in [5.74, 6) is -1.63. The van der Waals surface area contributed by atoms with Gasteiger partial charge in [-0.2, -0.15) is 13.2 Å². The average molecular weight is 408 g/mol. The van der Waals surface area contributed by atoms with E-state index in [2.05, 4.69) is 21.0 Å². The first-order valence-corrected chi connectivity index (χ1v) is 9.06. The van der Waals surface area contributed by atoms with E-state index in [0.29, 0.717) is 0 Å². The first-order valence-electron chi connectivity index (χ1n) is 5.79. The maximum absolute atomic E-state index is 12.0. The minimum atomic E-state index is -3.89. The van der Waals surface area contributed by atoms with E-state index < -0.39 is 28.4 Å². The summed E-state index contributed by atoms with van der Waals surface area (Å²) in [4.78, 5) is 25.1. The molecule has 1 aromatic rings. The van der Waals surface area contributed by atoms with E-state index >= 15 is 0 Å². The third-order valence-corrected chi connectivity index (χ3v) is 5.25. The molecule has 1 aromatic carbocycles. The van der Waals surface area contributed by atoms with Gasteiger partial charge < -0.3 is 5.11 Å². The van der Waals surface area contributed by atoms with Crippen LogP contribution in [0.1, 0.15) is 0 Å². The highest BCUT2D eigenvalue weighted by Crippen LogP contribution is 2.19. The SMILES string of the molecule is O=C(O)CN1C(=O)CSC1=NNS(=O)(=O)c1ccc(Br)cc1. The molecule has 118 valence electrons. The highest BCUT2D eigenvalue weighted by molar-refractivity contribution is 9.10. The molecule has 0 saturated carbocycles. The molecule has 0 atom stereocenters. The van der Waals surface area contributed by atoms with Gasteiger partial charge in [-0.1, -0.05) is 27.7 Å². The van der Waals surface area contributed by atoms with Gasteiger partial charge in [-0.3, -0.25) is 14.5 Å². The minimum absolute atomic E-state index is 0.000780. The Kier molecular flexibility index (Phi) is 5.08. The Morgan fingerprint density at radius 1 is 1.41 bits per heavy atom. The zero-order valence-corrected chi connectivity index (χ0v) is 14.1. The molecule has 1 saturated heterocycles. The number of aliphatic carboxylic acids is 1. The van der Waals surface area contributed by atoms with Crippen molar-refractivity contribution >= 4 is 54.8 Å². The Labute approximate surface area is 138 Å². The van der Waals surface area contributed by atoms with E-state index in [1.54, 1.807) is 12.1 Å². The largest absolute Gasteiger partial charge is 0.480 e. The van der Waals surface area contributed by atoms with Crippen molar-refractivity contribution in [2.75, 3.05) is 12.3 Å². The fourth-order valence-electron chi connectivity index (χ4n) is 1.54. The summed E-state index contributed by atoms with van der Waals surface area (Å²) < 4.78 is 24.8. The van der Waals surface area contributed by atoms with Gasteiger partial charge in [-0.05, 0) is 24.3 Å². The van der Waals surface area contributed by atoms with Crippen LogP contribution in [0, 0.1) is 0 Å². The number of carboxylic acid groups (broad SMARTS) is 1. The van der Waals surface area contributed by atoms with Crippen LogP contribution in [0.25, 0.3) is 0 Å².